The van der Waals surface area contributed by atoms with Crippen LogP contribution in [-0.4, -0.2) is 43.1 Å². The molecule has 0 spiro atoms. The Kier molecular flexibility index (Phi) is 4.89. The molecule has 0 aromatic heterocycles. The van der Waals surface area contributed by atoms with Crippen molar-refractivity contribution < 1.29 is 18.3 Å². The summed E-state index contributed by atoms with van der Waals surface area (Å²) in [5.74, 6) is 0.0897. The van der Waals surface area contributed by atoms with E-state index in [-0.39, 0.29) is 24.1 Å². The predicted octanol–water partition coefficient (Wildman–Crippen LogP) is 1.65. The Morgan fingerprint density at radius 2 is 2.35 bits per heavy atom. The largest absolute Gasteiger partial charge is 0.435 e. The molecule has 2 rings (SSSR count). The van der Waals surface area contributed by atoms with Crippen LogP contribution < -0.4 is 10.1 Å². The first kappa shape index (κ1) is 14.7. The molecule has 0 unspecified atom stereocenters. The summed E-state index contributed by atoms with van der Waals surface area (Å²) < 4.78 is 28.6. The highest BCUT2D eigenvalue weighted by Gasteiger charge is 2.22. The lowest BCUT2D eigenvalue weighted by atomic mass is 10.1. The van der Waals surface area contributed by atoms with Gasteiger partial charge in [0.15, 0.2) is 0 Å². The standard InChI is InChI=1S/C14H18F2N2O2/c1-10-9-17-5-6-18(10)13(19)8-11-3-2-4-12(7-11)20-14(15)16/h2-4,7,10,14,17H,5-6,8-9H2,1H3/t10-/m0/s1. The summed E-state index contributed by atoms with van der Waals surface area (Å²) in [6, 6.07) is 6.44. The summed E-state index contributed by atoms with van der Waals surface area (Å²) in [7, 11) is 0. The first-order valence-corrected chi connectivity index (χ1v) is 6.60. The van der Waals surface area contributed by atoms with Gasteiger partial charge in [-0.05, 0) is 24.6 Å². The van der Waals surface area contributed by atoms with Gasteiger partial charge in [0.05, 0.1) is 6.42 Å². The second-order valence-corrected chi connectivity index (χ2v) is 4.84. The molecular formula is C14H18F2N2O2. The molecule has 20 heavy (non-hydrogen) atoms. The second-order valence-electron chi connectivity index (χ2n) is 4.84. The van der Waals surface area contributed by atoms with Crippen LogP contribution in [0.5, 0.6) is 5.75 Å². The van der Waals surface area contributed by atoms with Crippen LogP contribution in [0.1, 0.15) is 12.5 Å². The number of piperazine rings is 1. The SMILES string of the molecule is C[C@H]1CNCCN1C(=O)Cc1cccc(OC(F)F)c1. The smallest absolute Gasteiger partial charge is 0.387 e. The minimum atomic E-state index is -2.85. The topological polar surface area (TPSA) is 41.6 Å². The number of carbonyl (C=O) groups excluding carboxylic acids is 1. The zero-order valence-electron chi connectivity index (χ0n) is 11.3. The molecule has 1 aliphatic heterocycles. The van der Waals surface area contributed by atoms with Gasteiger partial charge in [0.1, 0.15) is 5.75 Å². The number of amides is 1. The molecule has 1 aliphatic rings. The normalized spacial score (nSPS) is 19.2. The quantitative estimate of drug-likeness (QED) is 0.914. The van der Waals surface area contributed by atoms with Gasteiger partial charge in [0.2, 0.25) is 5.91 Å². The summed E-state index contributed by atoms with van der Waals surface area (Å²) in [6.07, 6.45) is 0.199. The first-order chi connectivity index (χ1) is 9.56. The third kappa shape index (κ3) is 3.90. The van der Waals surface area contributed by atoms with Crippen molar-refractivity contribution in [3.63, 3.8) is 0 Å². The minimum Gasteiger partial charge on any atom is -0.435 e. The van der Waals surface area contributed by atoms with Gasteiger partial charge in [-0.2, -0.15) is 8.78 Å². The van der Waals surface area contributed by atoms with Crippen LogP contribution in [0.25, 0.3) is 0 Å². The Balaban J connectivity index is 2.00. The lowest BCUT2D eigenvalue weighted by molar-refractivity contribution is -0.133. The highest BCUT2D eigenvalue weighted by atomic mass is 19.3. The van der Waals surface area contributed by atoms with Gasteiger partial charge in [0, 0.05) is 25.7 Å². The Bertz CT molecular complexity index is 468. The van der Waals surface area contributed by atoms with E-state index >= 15 is 0 Å². The van der Waals surface area contributed by atoms with Gasteiger partial charge >= 0.3 is 6.61 Å². The van der Waals surface area contributed by atoms with Crippen molar-refractivity contribution in [2.45, 2.75) is 26.0 Å². The predicted molar refractivity (Wildman–Crippen MR) is 70.8 cm³/mol. The maximum Gasteiger partial charge on any atom is 0.387 e. The van der Waals surface area contributed by atoms with Crippen molar-refractivity contribution in [1.29, 1.82) is 0 Å². The number of halogens is 2. The monoisotopic (exact) mass is 284 g/mol. The molecule has 6 heteroatoms. The molecule has 0 radical (unpaired) electrons. The molecule has 1 fully saturated rings. The number of nitrogens with one attached hydrogen (secondary N) is 1. The van der Waals surface area contributed by atoms with Crippen molar-refractivity contribution in [2.24, 2.45) is 0 Å². The van der Waals surface area contributed by atoms with Crippen molar-refractivity contribution in [3.05, 3.63) is 29.8 Å². The fraction of sp³-hybridized carbons (Fsp3) is 0.500. The second kappa shape index (κ2) is 6.65. The van der Waals surface area contributed by atoms with E-state index in [1.165, 1.54) is 12.1 Å². The Morgan fingerprint density at radius 1 is 1.55 bits per heavy atom. The molecule has 1 saturated heterocycles. The van der Waals surface area contributed by atoms with Gasteiger partial charge in [-0.15, -0.1) is 0 Å². The highest BCUT2D eigenvalue weighted by Crippen LogP contribution is 2.17. The Morgan fingerprint density at radius 3 is 3.05 bits per heavy atom. The number of nitrogens with zero attached hydrogens (tertiary/aromatic N) is 1. The van der Waals surface area contributed by atoms with Crippen LogP contribution in [0.2, 0.25) is 0 Å². The molecule has 4 nitrogen and oxygen atoms in total. The van der Waals surface area contributed by atoms with Crippen LogP contribution in [0.4, 0.5) is 8.78 Å². The number of rotatable bonds is 4. The first-order valence-electron chi connectivity index (χ1n) is 6.60. The van der Waals surface area contributed by atoms with Crippen LogP contribution >= 0.6 is 0 Å². The van der Waals surface area contributed by atoms with Crippen molar-refractivity contribution >= 4 is 5.91 Å². The van der Waals surface area contributed by atoms with E-state index in [1.807, 2.05) is 11.8 Å². The molecule has 1 N–H and O–H groups in total. The summed E-state index contributed by atoms with van der Waals surface area (Å²) >= 11 is 0. The molecule has 0 bridgehead atoms. The van der Waals surface area contributed by atoms with Crippen molar-refractivity contribution in [3.8, 4) is 5.75 Å². The zero-order valence-corrected chi connectivity index (χ0v) is 11.3. The van der Waals surface area contributed by atoms with Crippen LogP contribution in [0, 0.1) is 0 Å². The Hall–Kier alpha value is -1.69. The number of carbonyl (C=O) groups is 1. The molecule has 0 saturated carbocycles. The number of hydrogen-bond donors (Lipinski definition) is 1. The molecule has 1 atom stereocenters. The summed E-state index contributed by atoms with van der Waals surface area (Å²) in [5, 5.41) is 3.22. The van der Waals surface area contributed by atoms with Crippen LogP contribution in [0.3, 0.4) is 0 Å². The summed E-state index contributed by atoms with van der Waals surface area (Å²) in [4.78, 5) is 14.0. The van der Waals surface area contributed by atoms with Gasteiger partial charge < -0.3 is 15.0 Å². The van der Waals surface area contributed by atoms with E-state index in [4.69, 9.17) is 0 Å². The number of ether oxygens (including phenoxy) is 1. The fourth-order valence-corrected chi connectivity index (χ4v) is 2.32. The van der Waals surface area contributed by atoms with Gasteiger partial charge in [-0.25, -0.2) is 0 Å². The molecular weight excluding hydrogens is 266 g/mol. The highest BCUT2D eigenvalue weighted by molar-refractivity contribution is 5.79. The molecule has 110 valence electrons. The fourth-order valence-electron chi connectivity index (χ4n) is 2.32. The average Bonchev–Trinajstić information content (AvgIpc) is 2.38. The molecule has 1 amide bonds. The third-order valence-corrected chi connectivity index (χ3v) is 3.30. The van der Waals surface area contributed by atoms with E-state index in [0.29, 0.717) is 12.1 Å². The third-order valence-electron chi connectivity index (χ3n) is 3.30. The van der Waals surface area contributed by atoms with E-state index in [0.717, 1.165) is 13.1 Å². The maximum atomic E-state index is 12.2. The van der Waals surface area contributed by atoms with E-state index in [1.54, 1.807) is 12.1 Å². The Labute approximate surface area is 116 Å². The molecule has 1 aromatic rings. The average molecular weight is 284 g/mol. The van der Waals surface area contributed by atoms with Crippen molar-refractivity contribution in [2.75, 3.05) is 19.6 Å². The van der Waals surface area contributed by atoms with Crippen molar-refractivity contribution in [1.82, 2.24) is 10.2 Å². The molecule has 1 heterocycles. The van der Waals surface area contributed by atoms with Gasteiger partial charge in [0.25, 0.3) is 0 Å². The van der Waals surface area contributed by atoms with E-state index in [2.05, 4.69) is 10.1 Å². The van der Waals surface area contributed by atoms with Crippen LogP contribution in [0.15, 0.2) is 24.3 Å². The maximum absolute atomic E-state index is 12.2. The number of benzene rings is 1. The minimum absolute atomic E-state index is 0.00759. The van der Waals surface area contributed by atoms with E-state index < -0.39 is 6.61 Å². The van der Waals surface area contributed by atoms with Gasteiger partial charge in [-0.1, -0.05) is 12.1 Å². The summed E-state index contributed by atoms with van der Waals surface area (Å²) in [5.41, 5.74) is 0.680. The zero-order chi connectivity index (χ0) is 14.5. The lowest BCUT2D eigenvalue weighted by Gasteiger charge is -2.34. The number of alkyl halides is 2. The number of hydrogen-bond acceptors (Lipinski definition) is 3. The lowest BCUT2D eigenvalue weighted by Crippen LogP contribution is -2.52. The van der Waals surface area contributed by atoms with Crippen LogP contribution in [-0.2, 0) is 11.2 Å². The van der Waals surface area contributed by atoms with E-state index in [9.17, 15) is 13.6 Å². The molecule has 0 aliphatic carbocycles. The van der Waals surface area contributed by atoms with Gasteiger partial charge in [-0.3, -0.25) is 4.79 Å². The molecule has 1 aromatic carbocycles. The summed E-state index contributed by atoms with van der Waals surface area (Å²) in [6.45, 7) is 1.37.